The first kappa shape index (κ1) is 17.1. The largest absolute Gasteiger partial charge is 0.365 e. The van der Waals surface area contributed by atoms with Crippen LogP contribution >= 0.6 is 11.3 Å². The Bertz CT molecular complexity index is 681. The lowest BCUT2D eigenvalue weighted by Crippen LogP contribution is -2.37. The molecule has 2 aromatic rings. The highest BCUT2D eigenvalue weighted by Crippen LogP contribution is 2.27. The third-order valence-electron chi connectivity index (χ3n) is 4.44. The molecule has 0 radical (unpaired) electrons. The Labute approximate surface area is 146 Å². The second-order valence-electron chi connectivity index (χ2n) is 6.32. The Morgan fingerprint density at radius 1 is 1.46 bits per heavy atom. The second-order valence-corrected chi connectivity index (χ2v) is 7.10. The highest BCUT2D eigenvalue weighted by atomic mass is 32.1. The molecule has 1 atom stereocenters. The molecule has 0 spiro atoms. The summed E-state index contributed by atoms with van der Waals surface area (Å²) >= 11 is 1.74. The van der Waals surface area contributed by atoms with E-state index >= 15 is 0 Å². The molecule has 0 unspecified atom stereocenters. The summed E-state index contributed by atoms with van der Waals surface area (Å²) in [4.78, 5) is 20.2. The number of fused-ring (bicyclic) bond motifs is 1. The van der Waals surface area contributed by atoms with Gasteiger partial charge < -0.3 is 14.2 Å². The number of rotatable bonds is 6. The summed E-state index contributed by atoms with van der Waals surface area (Å²) in [5.74, 6) is 1.05. The summed E-state index contributed by atoms with van der Waals surface area (Å²) in [5.41, 5.74) is 2.40. The van der Waals surface area contributed by atoms with Crippen LogP contribution in [-0.2, 0) is 29.2 Å². The quantitative estimate of drug-likeness (QED) is 0.802. The summed E-state index contributed by atoms with van der Waals surface area (Å²) < 4.78 is 7.78. The smallest absolute Gasteiger partial charge is 0.248 e. The van der Waals surface area contributed by atoms with Crippen LogP contribution in [0.25, 0.3) is 0 Å². The van der Waals surface area contributed by atoms with Crippen LogP contribution in [0, 0.1) is 0 Å². The number of amides is 1. The van der Waals surface area contributed by atoms with Crippen molar-refractivity contribution in [3.8, 4) is 0 Å². The van der Waals surface area contributed by atoms with Crippen LogP contribution in [0.1, 0.15) is 30.0 Å². The Balaban J connectivity index is 1.61. The molecule has 0 saturated heterocycles. The van der Waals surface area contributed by atoms with E-state index in [1.807, 2.05) is 6.20 Å². The van der Waals surface area contributed by atoms with E-state index in [1.54, 1.807) is 25.4 Å². The van der Waals surface area contributed by atoms with Gasteiger partial charge in [-0.05, 0) is 29.3 Å². The summed E-state index contributed by atoms with van der Waals surface area (Å²) in [6.45, 7) is 5.58. The monoisotopic (exact) mass is 348 g/mol. The zero-order valence-corrected chi connectivity index (χ0v) is 15.3. The van der Waals surface area contributed by atoms with Crippen LogP contribution in [0.4, 0.5) is 0 Å². The first-order valence-corrected chi connectivity index (χ1v) is 9.08. The summed E-state index contributed by atoms with van der Waals surface area (Å²) in [5, 5.41) is 4.32. The Hall–Kier alpha value is -1.70. The van der Waals surface area contributed by atoms with Gasteiger partial charge in [0.2, 0.25) is 5.91 Å². The third kappa shape index (κ3) is 3.68. The predicted molar refractivity (Wildman–Crippen MR) is 93.7 cm³/mol. The number of ether oxygens (including phenoxy) is 1. The second kappa shape index (κ2) is 7.46. The zero-order chi connectivity index (χ0) is 17.1. The van der Waals surface area contributed by atoms with Gasteiger partial charge in [0.1, 0.15) is 12.4 Å². The van der Waals surface area contributed by atoms with Crippen molar-refractivity contribution in [2.75, 3.05) is 27.2 Å². The van der Waals surface area contributed by atoms with E-state index in [0.29, 0.717) is 6.61 Å². The van der Waals surface area contributed by atoms with Crippen molar-refractivity contribution in [3.63, 3.8) is 0 Å². The molecule has 24 heavy (non-hydrogen) atoms. The molecule has 0 aliphatic carbocycles. The van der Waals surface area contributed by atoms with Gasteiger partial charge >= 0.3 is 0 Å². The number of aromatic nitrogens is 2. The van der Waals surface area contributed by atoms with Gasteiger partial charge in [0, 0.05) is 33.7 Å². The molecule has 1 aliphatic heterocycles. The number of nitrogens with zero attached hydrogens (tertiary/aromatic N) is 4. The van der Waals surface area contributed by atoms with E-state index in [0.717, 1.165) is 31.2 Å². The van der Waals surface area contributed by atoms with E-state index in [9.17, 15) is 4.79 Å². The topological polar surface area (TPSA) is 50.6 Å². The molecular weight excluding hydrogens is 324 g/mol. The zero-order valence-electron chi connectivity index (χ0n) is 14.4. The van der Waals surface area contributed by atoms with Crippen LogP contribution in [0.15, 0.2) is 23.0 Å². The minimum atomic E-state index is -0.0244. The number of hydrogen-bond acceptors (Lipinski definition) is 5. The molecule has 2 aromatic heterocycles. The van der Waals surface area contributed by atoms with Gasteiger partial charge in [-0.2, -0.15) is 11.3 Å². The molecular formula is C17H24N4O2S. The highest BCUT2D eigenvalue weighted by Gasteiger charge is 2.27. The van der Waals surface area contributed by atoms with Gasteiger partial charge in [0.25, 0.3) is 0 Å². The molecule has 0 aromatic carbocycles. The number of hydrogen-bond donors (Lipinski definition) is 0. The van der Waals surface area contributed by atoms with Gasteiger partial charge in [-0.25, -0.2) is 4.98 Å². The molecule has 0 bridgehead atoms. The predicted octanol–water partition coefficient (Wildman–Crippen LogP) is 2.13. The SMILES string of the molecule is C[C@H]1c2ncc(COCC(=O)N(C)C)n2CCN1Cc1ccsc1. The summed E-state index contributed by atoms with van der Waals surface area (Å²) in [6, 6.07) is 2.45. The van der Waals surface area contributed by atoms with E-state index in [2.05, 4.69) is 38.2 Å². The van der Waals surface area contributed by atoms with Gasteiger partial charge in [0.05, 0.1) is 24.5 Å². The minimum Gasteiger partial charge on any atom is -0.365 e. The number of thiophene rings is 1. The highest BCUT2D eigenvalue weighted by molar-refractivity contribution is 7.07. The normalized spacial score (nSPS) is 17.7. The van der Waals surface area contributed by atoms with E-state index in [1.165, 1.54) is 10.5 Å². The fourth-order valence-electron chi connectivity index (χ4n) is 2.92. The fraction of sp³-hybridized carbons (Fsp3) is 0.529. The van der Waals surface area contributed by atoms with Crippen LogP contribution in [0.2, 0.25) is 0 Å². The molecule has 130 valence electrons. The van der Waals surface area contributed by atoms with E-state index < -0.39 is 0 Å². The lowest BCUT2D eigenvalue weighted by atomic mass is 10.2. The molecule has 3 heterocycles. The van der Waals surface area contributed by atoms with Crippen LogP contribution in [-0.4, -0.2) is 52.5 Å². The number of carbonyl (C=O) groups excluding carboxylic acids is 1. The number of likely N-dealkylation sites (N-methyl/N-ethyl adjacent to an activating group) is 1. The molecule has 0 saturated carbocycles. The molecule has 6 nitrogen and oxygen atoms in total. The first-order chi connectivity index (χ1) is 11.6. The standard InChI is InChI=1S/C17H24N4O2S/c1-13-17-18-8-15(10-23-11-16(22)19(2)3)21(17)6-5-20(13)9-14-4-7-24-12-14/h4,7-8,12-13H,5-6,9-11H2,1-3H3/t13-/m0/s1. The molecule has 7 heteroatoms. The van der Waals surface area contributed by atoms with Crippen molar-refractivity contribution < 1.29 is 9.53 Å². The van der Waals surface area contributed by atoms with Crippen molar-refractivity contribution in [3.05, 3.63) is 40.1 Å². The number of imidazole rings is 1. The van der Waals surface area contributed by atoms with E-state index in [4.69, 9.17) is 4.74 Å². The third-order valence-corrected chi connectivity index (χ3v) is 5.17. The van der Waals surface area contributed by atoms with Crippen LogP contribution < -0.4 is 0 Å². The van der Waals surface area contributed by atoms with Crippen molar-refractivity contribution in [1.82, 2.24) is 19.4 Å². The average molecular weight is 348 g/mol. The van der Waals surface area contributed by atoms with Crippen molar-refractivity contribution in [2.45, 2.75) is 32.7 Å². The summed E-state index contributed by atoms with van der Waals surface area (Å²) in [6.07, 6.45) is 1.88. The van der Waals surface area contributed by atoms with Crippen molar-refractivity contribution >= 4 is 17.2 Å². The Morgan fingerprint density at radius 2 is 2.29 bits per heavy atom. The maximum absolute atomic E-state index is 11.6. The number of carbonyl (C=O) groups is 1. The van der Waals surface area contributed by atoms with Gasteiger partial charge in [-0.15, -0.1) is 0 Å². The maximum Gasteiger partial charge on any atom is 0.248 e. The minimum absolute atomic E-state index is 0.0244. The van der Waals surface area contributed by atoms with Crippen LogP contribution in [0.3, 0.4) is 0 Å². The molecule has 3 rings (SSSR count). The van der Waals surface area contributed by atoms with Crippen molar-refractivity contribution in [1.29, 1.82) is 0 Å². The Morgan fingerprint density at radius 3 is 3.00 bits per heavy atom. The van der Waals surface area contributed by atoms with Crippen molar-refractivity contribution in [2.24, 2.45) is 0 Å². The van der Waals surface area contributed by atoms with Crippen LogP contribution in [0.5, 0.6) is 0 Å². The lowest BCUT2D eigenvalue weighted by molar-refractivity contribution is -0.134. The average Bonchev–Trinajstić information content (AvgIpc) is 3.20. The first-order valence-electron chi connectivity index (χ1n) is 8.13. The molecule has 1 amide bonds. The molecule has 0 N–H and O–H groups in total. The van der Waals surface area contributed by atoms with E-state index in [-0.39, 0.29) is 18.6 Å². The Kier molecular flexibility index (Phi) is 5.33. The fourth-order valence-corrected chi connectivity index (χ4v) is 3.58. The lowest BCUT2D eigenvalue weighted by Gasteiger charge is -2.34. The summed E-state index contributed by atoms with van der Waals surface area (Å²) in [7, 11) is 3.46. The maximum atomic E-state index is 11.6. The van der Waals surface area contributed by atoms with Gasteiger partial charge in [0.15, 0.2) is 0 Å². The van der Waals surface area contributed by atoms with Gasteiger partial charge in [-0.1, -0.05) is 0 Å². The molecule has 1 aliphatic rings. The molecule has 0 fully saturated rings. The van der Waals surface area contributed by atoms with Gasteiger partial charge in [-0.3, -0.25) is 9.69 Å².